The number of aromatic nitrogens is 4. The fourth-order valence-electron chi connectivity index (χ4n) is 1.48. The molecule has 0 aliphatic heterocycles. The van der Waals surface area contributed by atoms with Crippen molar-refractivity contribution in [2.45, 2.75) is 33.0 Å². The van der Waals surface area contributed by atoms with E-state index in [2.05, 4.69) is 15.5 Å². The summed E-state index contributed by atoms with van der Waals surface area (Å²) in [6, 6.07) is 1.82. The molecule has 0 fully saturated rings. The minimum atomic E-state index is -2.61. The van der Waals surface area contributed by atoms with E-state index in [9.17, 15) is 8.78 Å². The van der Waals surface area contributed by atoms with Gasteiger partial charge in [0.15, 0.2) is 0 Å². The fourth-order valence-corrected chi connectivity index (χ4v) is 1.48. The van der Waals surface area contributed by atoms with E-state index in [-0.39, 0.29) is 12.4 Å². The van der Waals surface area contributed by atoms with Gasteiger partial charge in [-0.2, -0.15) is 19.0 Å². The molecule has 0 radical (unpaired) electrons. The summed E-state index contributed by atoms with van der Waals surface area (Å²) < 4.78 is 27.0. The van der Waals surface area contributed by atoms with E-state index in [0.717, 1.165) is 5.56 Å². The average Bonchev–Trinajstić information content (AvgIpc) is 2.95. The van der Waals surface area contributed by atoms with Crippen LogP contribution in [0.4, 0.5) is 14.6 Å². The third kappa shape index (κ3) is 3.92. The first kappa shape index (κ1) is 15.4. The van der Waals surface area contributed by atoms with E-state index in [0.29, 0.717) is 23.1 Å². The third-order valence-electron chi connectivity index (χ3n) is 2.47. The quantitative estimate of drug-likeness (QED) is 0.921. The molecule has 19 heavy (non-hydrogen) atoms. The van der Waals surface area contributed by atoms with Gasteiger partial charge in [0.1, 0.15) is 5.82 Å². The van der Waals surface area contributed by atoms with Crippen molar-refractivity contribution in [3.63, 3.8) is 0 Å². The molecule has 2 rings (SSSR count). The highest BCUT2D eigenvalue weighted by atomic mass is 35.5. The summed E-state index contributed by atoms with van der Waals surface area (Å²) in [5.41, 5.74) is 0.982. The Labute approximate surface area is 116 Å². The molecule has 0 amide bonds. The minimum absolute atomic E-state index is 0. The molecule has 0 bridgehead atoms. The predicted octanol–water partition coefficient (Wildman–Crippen LogP) is 3.09. The summed E-state index contributed by atoms with van der Waals surface area (Å²) in [7, 11) is 0. The Bertz CT molecular complexity index is 462. The Morgan fingerprint density at radius 1 is 1.32 bits per heavy atom. The maximum absolute atomic E-state index is 12.3. The van der Waals surface area contributed by atoms with Crippen molar-refractivity contribution >= 4 is 18.2 Å². The zero-order chi connectivity index (χ0) is 13.1. The molecule has 1 N–H and O–H groups in total. The van der Waals surface area contributed by atoms with Gasteiger partial charge in [0, 0.05) is 36.6 Å². The summed E-state index contributed by atoms with van der Waals surface area (Å²) in [5.74, 6) is 0.424. The van der Waals surface area contributed by atoms with Crippen LogP contribution in [0.2, 0.25) is 0 Å². The lowest BCUT2D eigenvalue weighted by atomic mass is 10.3. The Balaban J connectivity index is 0.00000180. The highest BCUT2D eigenvalue weighted by molar-refractivity contribution is 5.85. The molecule has 0 aliphatic carbocycles. The Hall–Kier alpha value is -1.63. The minimum Gasteiger partial charge on any atom is -0.364 e. The lowest BCUT2D eigenvalue weighted by Crippen LogP contribution is -2.03. The van der Waals surface area contributed by atoms with Gasteiger partial charge in [0.05, 0.1) is 6.20 Å². The number of hydrogen-bond donors (Lipinski definition) is 1. The van der Waals surface area contributed by atoms with Crippen molar-refractivity contribution < 1.29 is 8.78 Å². The molecule has 2 aromatic heterocycles. The van der Waals surface area contributed by atoms with Crippen LogP contribution in [0, 0.1) is 0 Å². The van der Waals surface area contributed by atoms with Crippen LogP contribution in [0.1, 0.15) is 32.0 Å². The van der Waals surface area contributed by atoms with Crippen molar-refractivity contribution in [3.8, 4) is 0 Å². The molecule has 0 aromatic carbocycles. The highest BCUT2D eigenvalue weighted by Gasteiger charge is 2.07. The maximum Gasteiger partial charge on any atom is 0.333 e. The average molecular weight is 292 g/mol. The van der Waals surface area contributed by atoms with E-state index >= 15 is 0 Å². The molecule has 0 aliphatic rings. The predicted molar refractivity (Wildman–Crippen MR) is 70.7 cm³/mol. The fraction of sp³-hybridized carbons (Fsp3) is 0.455. The van der Waals surface area contributed by atoms with Crippen LogP contribution in [-0.4, -0.2) is 19.6 Å². The number of halogens is 3. The molecular weight excluding hydrogens is 276 g/mol. The van der Waals surface area contributed by atoms with Crippen molar-refractivity contribution in [3.05, 3.63) is 30.2 Å². The zero-order valence-electron chi connectivity index (χ0n) is 10.6. The largest absolute Gasteiger partial charge is 0.364 e. The summed E-state index contributed by atoms with van der Waals surface area (Å²) in [6.45, 7) is 1.97. The van der Waals surface area contributed by atoms with Crippen LogP contribution in [0.5, 0.6) is 0 Å². The number of nitrogens with zero attached hydrogens (tertiary/aromatic N) is 4. The molecule has 5 nitrogen and oxygen atoms in total. The topological polar surface area (TPSA) is 47.7 Å². The molecule has 106 valence electrons. The molecule has 8 heteroatoms. The number of rotatable bonds is 5. The first-order valence-corrected chi connectivity index (χ1v) is 5.66. The van der Waals surface area contributed by atoms with Crippen molar-refractivity contribution in [1.29, 1.82) is 0 Å². The SMILES string of the molecule is CC(C)n1cc(CNc2ccn(C(F)F)n2)cn1.Cl. The second kappa shape index (κ2) is 6.51. The van der Waals surface area contributed by atoms with Crippen molar-refractivity contribution in [1.82, 2.24) is 19.6 Å². The molecule has 0 saturated heterocycles. The first-order valence-electron chi connectivity index (χ1n) is 5.66. The van der Waals surface area contributed by atoms with Crippen LogP contribution in [0.3, 0.4) is 0 Å². The molecule has 0 spiro atoms. The van der Waals surface area contributed by atoms with Gasteiger partial charge >= 0.3 is 6.55 Å². The van der Waals surface area contributed by atoms with E-state index in [1.54, 1.807) is 6.20 Å². The van der Waals surface area contributed by atoms with Crippen LogP contribution < -0.4 is 5.32 Å². The smallest absolute Gasteiger partial charge is 0.333 e. The van der Waals surface area contributed by atoms with Crippen LogP contribution in [0.15, 0.2) is 24.7 Å². The first-order chi connectivity index (χ1) is 8.56. The van der Waals surface area contributed by atoms with Gasteiger partial charge in [0.25, 0.3) is 0 Å². The molecular formula is C11H16ClF2N5. The van der Waals surface area contributed by atoms with Crippen molar-refractivity contribution in [2.75, 3.05) is 5.32 Å². The van der Waals surface area contributed by atoms with Crippen LogP contribution >= 0.6 is 12.4 Å². The van der Waals surface area contributed by atoms with E-state index < -0.39 is 6.55 Å². The second-order valence-corrected chi connectivity index (χ2v) is 4.23. The Kier molecular flexibility index (Phi) is 5.29. The highest BCUT2D eigenvalue weighted by Crippen LogP contribution is 2.12. The Morgan fingerprint density at radius 3 is 2.58 bits per heavy atom. The summed E-state index contributed by atoms with van der Waals surface area (Å²) in [4.78, 5) is 0. The summed E-state index contributed by atoms with van der Waals surface area (Å²) in [5, 5.41) is 10.9. The number of hydrogen-bond acceptors (Lipinski definition) is 3. The van der Waals surface area contributed by atoms with Gasteiger partial charge in [-0.3, -0.25) is 4.68 Å². The maximum atomic E-state index is 12.3. The van der Waals surface area contributed by atoms with E-state index in [4.69, 9.17) is 0 Å². The van der Waals surface area contributed by atoms with Crippen molar-refractivity contribution in [2.24, 2.45) is 0 Å². The van der Waals surface area contributed by atoms with Crippen LogP contribution in [-0.2, 0) is 6.54 Å². The number of nitrogens with one attached hydrogen (secondary N) is 1. The third-order valence-corrected chi connectivity index (χ3v) is 2.47. The standard InChI is InChI=1S/C11H15F2N5.ClH/c1-8(2)18-7-9(6-15-18)5-14-10-3-4-17(16-10)11(12)13;/h3-4,6-8,11H,5H2,1-2H3,(H,14,16);1H. The lowest BCUT2D eigenvalue weighted by Gasteiger charge is -2.03. The molecule has 2 heterocycles. The van der Waals surface area contributed by atoms with Gasteiger partial charge in [-0.25, -0.2) is 4.68 Å². The van der Waals surface area contributed by atoms with E-state index in [1.165, 1.54) is 12.3 Å². The molecule has 0 unspecified atom stereocenters. The molecule has 0 atom stereocenters. The molecule has 2 aromatic rings. The Morgan fingerprint density at radius 2 is 2.05 bits per heavy atom. The second-order valence-electron chi connectivity index (χ2n) is 4.23. The number of anilines is 1. The zero-order valence-corrected chi connectivity index (χ0v) is 11.4. The van der Waals surface area contributed by atoms with Gasteiger partial charge in [0.2, 0.25) is 0 Å². The molecule has 0 saturated carbocycles. The summed E-state index contributed by atoms with van der Waals surface area (Å²) >= 11 is 0. The van der Waals surface area contributed by atoms with E-state index in [1.807, 2.05) is 24.7 Å². The summed E-state index contributed by atoms with van der Waals surface area (Å²) in [6.07, 6.45) is 4.91. The van der Waals surface area contributed by atoms with Gasteiger partial charge in [-0.15, -0.1) is 12.4 Å². The van der Waals surface area contributed by atoms with Crippen LogP contribution in [0.25, 0.3) is 0 Å². The lowest BCUT2D eigenvalue weighted by molar-refractivity contribution is 0.0569. The normalized spacial score (nSPS) is 10.8. The monoisotopic (exact) mass is 291 g/mol. The number of alkyl halides is 2. The van der Waals surface area contributed by atoms with Gasteiger partial charge in [-0.05, 0) is 13.8 Å². The van der Waals surface area contributed by atoms with Gasteiger partial charge in [-0.1, -0.05) is 0 Å². The van der Waals surface area contributed by atoms with Gasteiger partial charge < -0.3 is 5.32 Å².